The number of hydrogen-bond acceptors (Lipinski definition) is 4. The lowest BCUT2D eigenvalue weighted by atomic mass is 10.1. The summed E-state index contributed by atoms with van der Waals surface area (Å²) >= 11 is 11.7. The third kappa shape index (κ3) is 3.26. The first kappa shape index (κ1) is 13.9. The molecule has 1 aromatic heterocycles. The zero-order valence-electron chi connectivity index (χ0n) is 9.73. The Labute approximate surface area is 119 Å². The normalized spacial score (nSPS) is 12.2. The average molecular weight is 300 g/mol. The Hall–Kier alpha value is -1.56. The van der Waals surface area contributed by atoms with Crippen LogP contribution in [0.1, 0.15) is 11.6 Å². The van der Waals surface area contributed by atoms with Crippen molar-refractivity contribution in [1.29, 1.82) is 0 Å². The van der Waals surface area contributed by atoms with Gasteiger partial charge in [0.25, 0.3) is 5.56 Å². The van der Waals surface area contributed by atoms with Crippen LogP contribution < -0.4 is 10.9 Å². The van der Waals surface area contributed by atoms with Gasteiger partial charge in [-0.25, -0.2) is 5.10 Å². The van der Waals surface area contributed by atoms with Gasteiger partial charge >= 0.3 is 0 Å². The molecular formula is C12H11Cl2N3O2. The van der Waals surface area contributed by atoms with Crippen LogP contribution in [0.5, 0.6) is 0 Å². The van der Waals surface area contributed by atoms with Gasteiger partial charge in [-0.05, 0) is 17.7 Å². The van der Waals surface area contributed by atoms with Gasteiger partial charge in [0.15, 0.2) is 0 Å². The number of nitrogens with zero attached hydrogens (tertiary/aromatic N) is 1. The molecule has 0 aliphatic rings. The number of aromatic nitrogens is 2. The van der Waals surface area contributed by atoms with Gasteiger partial charge in [0, 0.05) is 5.02 Å². The number of benzene rings is 1. The van der Waals surface area contributed by atoms with E-state index < -0.39 is 11.6 Å². The van der Waals surface area contributed by atoms with Crippen LogP contribution in [0, 0.1) is 0 Å². The molecule has 2 aromatic rings. The molecule has 100 valence electrons. The molecule has 1 aromatic carbocycles. The van der Waals surface area contributed by atoms with E-state index in [2.05, 4.69) is 15.5 Å². The van der Waals surface area contributed by atoms with Crippen LogP contribution in [-0.4, -0.2) is 21.9 Å². The molecule has 7 heteroatoms. The molecule has 3 N–H and O–H groups in total. The van der Waals surface area contributed by atoms with Crippen molar-refractivity contribution >= 4 is 28.9 Å². The Morgan fingerprint density at radius 2 is 2.00 bits per heavy atom. The summed E-state index contributed by atoms with van der Waals surface area (Å²) in [7, 11) is 0. The molecule has 19 heavy (non-hydrogen) atoms. The Bertz CT molecular complexity index is 613. The minimum atomic E-state index is -0.487. The van der Waals surface area contributed by atoms with Gasteiger partial charge in [-0.1, -0.05) is 35.3 Å². The van der Waals surface area contributed by atoms with Crippen molar-refractivity contribution in [1.82, 2.24) is 10.2 Å². The Balaban J connectivity index is 2.26. The molecule has 0 saturated heterocycles. The van der Waals surface area contributed by atoms with Crippen LogP contribution in [0.2, 0.25) is 10.0 Å². The molecule has 1 unspecified atom stereocenters. The summed E-state index contributed by atoms with van der Waals surface area (Å²) in [6.45, 7) is -0.162. The van der Waals surface area contributed by atoms with E-state index in [-0.39, 0.29) is 11.6 Å². The van der Waals surface area contributed by atoms with Crippen molar-refractivity contribution in [2.24, 2.45) is 0 Å². The van der Waals surface area contributed by atoms with Gasteiger partial charge in [0.2, 0.25) is 0 Å². The molecular weight excluding hydrogens is 289 g/mol. The number of aliphatic hydroxyl groups is 1. The zero-order chi connectivity index (χ0) is 13.8. The predicted molar refractivity (Wildman–Crippen MR) is 74.8 cm³/mol. The van der Waals surface area contributed by atoms with E-state index >= 15 is 0 Å². The second kappa shape index (κ2) is 6.06. The number of rotatable bonds is 4. The number of aliphatic hydroxyl groups excluding tert-OH is 1. The summed E-state index contributed by atoms with van der Waals surface area (Å²) in [5.74, 6) is 0. The highest BCUT2D eigenvalue weighted by Crippen LogP contribution is 2.23. The summed E-state index contributed by atoms with van der Waals surface area (Å²) < 4.78 is 0. The second-order valence-corrected chi connectivity index (χ2v) is 4.67. The smallest absolute Gasteiger partial charge is 0.285 e. The van der Waals surface area contributed by atoms with Gasteiger partial charge < -0.3 is 10.4 Å². The zero-order valence-corrected chi connectivity index (χ0v) is 11.2. The number of anilines is 1. The van der Waals surface area contributed by atoms with Crippen molar-refractivity contribution in [3.8, 4) is 0 Å². The molecule has 0 spiro atoms. The van der Waals surface area contributed by atoms with Crippen molar-refractivity contribution in [2.75, 3.05) is 11.9 Å². The van der Waals surface area contributed by atoms with Crippen LogP contribution in [0.3, 0.4) is 0 Å². The van der Waals surface area contributed by atoms with E-state index in [9.17, 15) is 9.90 Å². The maximum Gasteiger partial charge on any atom is 0.285 e. The van der Waals surface area contributed by atoms with E-state index in [0.717, 1.165) is 5.56 Å². The number of aromatic amines is 1. The molecule has 0 aliphatic heterocycles. The Morgan fingerprint density at radius 3 is 2.63 bits per heavy atom. The monoisotopic (exact) mass is 299 g/mol. The molecule has 0 amide bonds. The summed E-state index contributed by atoms with van der Waals surface area (Å²) in [6.07, 6.45) is 1.39. The molecule has 1 heterocycles. The molecule has 0 saturated carbocycles. The molecule has 1 atom stereocenters. The lowest BCUT2D eigenvalue weighted by Crippen LogP contribution is -2.18. The molecule has 0 fully saturated rings. The second-order valence-electron chi connectivity index (χ2n) is 3.86. The summed E-state index contributed by atoms with van der Waals surface area (Å²) in [5.41, 5.74) is 0.696. The largest absolute Gasteiger partial charge is 0.394 e. The van der Waals surface area contributed by atoms with Crippen molar-refractivity contribution in [3.05, 3.63) is 56.4 Å². The fourth-order valence-electron chi connectivity index (χ4n) is 1.60. The first-order chi connectivity index (χ1) is 9.11. The molecule has 0 radical (unpaired) electrons. The first-order valence-electron chi connectivity index (χ1n) is 5.48. The summed E-state index contributed by atoms with van der Waals surface area (Å²) in [4.78, 5) is 11.3. The van der Waals surface area contributed by atoms with Crippen LogP contribution in [-0.2, 0) is 0 Å². The van der Waals surface area contributed by atoms with E-state index in [1.165, 1.54) is 6.20 Å². The molecule has 0 bridgehead atoms. The fourth-order valence-corrected chi connectivity index (χ4v) is 1.87. The molecule has 5 nitrogen and oxygen atoms in total. The van der Waals surface area contributed by atoms with E-state index in [0.29, 0.717) is 10.7 Å². The van der Waals surface area contributed by atoms with E-state index in [1.54, 1.807) is 24.3 Å². The molecule has 0 aliphatic carbocycles. The maximum absolute atomic E-state index is 11.3. The highest BCUT2D eigenvalue weighted by molar-refractivity contribution is 6.32. The van der Waals surface area contributed by atoms with Gasteiger partial charge in [0.1, 0.15) is 5.02 Å². The Kier molecular flexibility index (Phi) is 4.42. The van der Waals surface area contributed by atoms with Gasteiger partial charge in [-0.2, -0.15) is 5.10 Å². The fraction of sp³-hybridized carbons (Fsp3) is 0.167. The van der Waals surface area contributed by atoms with E-state index in [1.807, 2.05) is 0 Å². The van der Waals surface area contributed by atoms with Gasteiger partial charge in [-0.3, -0.25) is 4.79 Å². The van der Waals surface area contributed by atoms with Crippen molar-refractivity contribution < 1.29 is 5.11 Å². The summed E-state index contributed by atoms with van der Waals surface area (Å²) in [6, 6.07) is 6.60. The number of H-pyrrole nitrogens is 1. The van der Waals surface area contributed by atoms with Gasteiger partial charge in [-0.15, -0.1) is 0 Å². The number of hydrogen-bond donors (Lipinski definition) is 3. The topological polar surface area (TPSA) is 78.0 Å². The van der Waals surface area contributed by atoms with Crippen LogP contribution in [0.25, 0.3) is 0 Å². The number of halogens is 2. The first-order valence-corrected chi connectivity index (χ1v) is 6.23. The van der Waals surface area contributed by atoms with Crippen molar-refractivity contribution in [2.45, 2.75) is 6.04 Å². The van der Waals surface area contributed by atoms with E-state index in [4.69, 9.17) is 23.2 Å². The minimum absolute atomic E-state index is 0.00223. The quantitative estimate of drug-likeness (QED) is 0.809. The van der Waals surface area contributed by atoms with Gasteiger partial charge in [0.05, 0.1) is 24.5 Å². The Morgan fingerprint density at radius 1 is 1.32 bits per heavy atom. The highest BCUT2D eigenvalue weighted by Gasteiger charge is 2.13. The van der Waals surface area contributed by atoms with Crippen LogP contribution in [0.4, 0.5) is 5.69 Å². The van der Waals surface area contributed by atoms with Crippen molar-refractivity contribution in [3.63, 3.8) is 0 Å². The molecule has 2 rings (SSSR count). The third-order valence-corrected chi connectivity index (χ3v) is 3.21. The van der Waals surface area contributed by atoms with Crippen LogP contribution >= 0.6 is 23.2 Å². The standard InChI is InChI=1S/C12H11Cl2N3O2/c13-8-3-1-7(2-4-8)10(6-18)16-9-5-15-17-12(19)11(9)14/h1-5,10,18H,6H2,(H2,16,17,19). The third-order valence-electron chi connectivity index (χ3n) is 2.58. The lowest BCUT2D eigenvalue weighted by molar-refractivity contribution is 0.276. The average Bonchev–Trinajstić information content (AvgIpc) is 2.42. The maximum atomic E-state index is 11.3. The lowest BCUT2D eigenvalue weighted by Gasteiger charge is -2.18. The number of nitrogens with one attached hydrogen (secondary N) is 2. The minimum Gasteiger partial charge on any atom is -0.394 e. The predicted octanol–water partition coefficient (Wildman–Crippen LogP) is 2.22. The highest BCUT2D eigenvalue weighted by atomic mass is 35.5. The SMILES string of the molecule is O=c1[nH]ncc(NC(CO)c2ccc(Cl)cc2)c1Cl. The van der Waals surface area contributed by atoms with Crippen LogP contribution in [0.15, 0.2) is 35.3 Å². The summed E-state index contributed by atoms with van der Waals surface area (Å²) in [5, 5.41) is 18.9.